The van der Waals surface area contributed by atoms with Crippen LogP contribution in [0.5, 0.6) is 0 Å². The summed E-state index contributed by atoms with van der Waals surface area (Å²) in [6.45, 7) is 2.01. The lowest BCUT2D eigenvalue weighted by atomic mass is 9.95. The molecule has 0 aliphatic carbocycles. The molecule has 2 rings (SSSR count). The minimum absolute atomic E-state index is 0.533. The van der Waals surface area contributed by atoms with Crippen LogP contribution < -0.4 is 5.32 Å². The van der Waals surface area contributed by atoms with E-state index in [0.29, 0.717) is 0 Å². The van der Waals surface area contributed by atoms with Crippen molar-refractivity contribution in [2.75, 3.05) is 6.61 Å². The van der Waals surface area contributed by atoms with Gasteiger partial charge < -0.3 is 50.2 Å². The molecule has 0 spiro atoms. The van der Waals surface area contributed by atoms with E-state index in [9.17, 15) is 35.4 Å². The predicted octanol–water partition coefficient (Wildman–Crippen LogP) is -4.23. The van der Waals surface area contributed by atoms with E-state index in [4.69, 9.17) is 14.2 Å². The Morgan fingerprint density at radius 2 is 1.68 bits per heavy atom. The van der Waals surface area contributed by atoms with Gasteiger partial charge in [0.05, 0.1) is 12.7 Å². The van der Waals surface area contributed by atoms with E-state index in [2.05, 4.69) is 5.32 Å². The predicted molar refractivity (Wildman–Crippen MR) is 78.8 cm³/mol. The molecule has 2 saturated heterocycles. The molecule has 0 saturated carbocycles. The molecule has 2 heterocycles. The molecular formula is C14H25NO10. The Kier molecular flexibility index (Phi) is 6.70. The van der Waals surface area contributed by atoms with Crippen molar-refractivity contribution in [1.82, 2.24) is 5.32 Å². The van der Waals surface area contributed by atoms with Gasteiger partial charge in [0.15, 0.2) is 12.6 Å². The van der Waals surface area contributed by atoms with Crippen LogP contribution in [0.15, 0.2) is 0 Å². The average molecular weight is 367 g/mol. The number of hydrogen-bond donors (Lipinski definition) is 7. The monoisotopic (exact) mass is 367 g/mol. The summed E-state index contributed by atoms with van der Waals surface area (Å²) in [6, 6.07) is -1.24. The van der Waals surface area contributed by atoms with Crippen molar-refractivity contribution in [1.29, 1.82) is 0 Å². The van der Waals surface area contributed by atoms with Crippen LogP contribution in [0.1, 0.15) is 13.8 Å². The van der Waals surface area contributed by atoms with Crippen LogP contribution in [0.2, 0.25) is 0 Å². The molecule has 146 valence electrons. The maximum Gasteiger partial charge on any atom is 0.217 e. The second-order valence-electron chi connectivity index (χ2n) is 6.25. The molecular weight excluding hydrogens is 342 g/mol. The number of aliphatic hydroxyl groups excluding tert-OH is 6. The number of ether oxygens (including phenoxy) is 3. The summed E-state index contributed by atoms with van der Waals surface area (Å²) >= 11 is 0. The Morgan fingerprint density at radius 3 is 2.24 bits per heavy atom. The fourth-order valence-electron chi connectivity index (χ4n) is 2.92. The molecule has 11 nitrogen and oxygen atoms in total. The second kappa shape index (κ2) is 8.20. The molecule has 11 heteroatoms. The van der Waals surface area contributed by atoms with Crippen molar-refractivity contribution in [3.8, 4) is 0 Å². The normalized spacial score (nSPS) is 48.2. The van der Waals surface area contributed by atoms with Gasteiger partial charge in [0, 0.05) is 6.92 Å². The molecule has 0 aromatic carbocycles. The van der Waals surface area contributed by atoms with E-state index in [1.54, 1.807) is 0 Å². The number of rotatable bonds is 4. The van der Waals surface area contributed by atoms with Crippen molar-refractivity contribution in [2.24, 2.45) is 0 Å². The third-order valence-electron chi connectivity index (χ3n) is 4.34. The first-order valence-corrected chi connectivity index (χ1v) is 7.92. The molecule has 2 aliphatic heterocycles. The third kappa shape index (κ3) is 4.27. The zero-order valence-corrected chi connectivity index (χ0v) is 13.8. The van der Waals surface area contributed by atoms with Gasteiger partial charge >= 0.3 is 0 Å². The number of hydrogen-bond acceptors (Lipinski definition) is 10. The maximum atomic E-state index is 11.2. The highest BCUT2D eigenvalue weighted by Crippen LogP contribution is 2.28. The van der Waals surface area contributed by atoms with Crippen molar-refractivity contribution in [3.63, 3.8) is 0 Å². The molecule has 2 fully saturated rings. The molecule has 0 aromatic heterocycles. The lowest BCUT2D eigenvalue weighted by Gasteiger charge is -2.46. The summed E-state index contributed by atoms with van der Waals surface area (Å²) in [5, 5.41) is 61.5. The van der Waals surface area contributed by atoms with E-state index in [1.807, 2.05) is 0 Å². The summed E-state index contributed by atoms with van der Waals surface area (Å²) in [5.74, 6) is -0.533. The molecule has 10 atom stereocenters. The zero-order chi connectivity index (χ0) is 18.9. The SMILES string of the molecule is CC(=O)N[C@H]1[C@H](O)[C@@H](O[C@@H]2O[C@H](C)[C@H](O)[C@H](O)[C@@H]2O)[C@@H](CO)O[C@H]1O. The van der Waals surface area contributed by atoms with Gasteiger partial charge in [0.1, 0.15) is 42.7 Å². The van der Waals surface area contributed by atoms with Gasteiger partial charge in [-0.3, -0.25) is 4.79 Å². The van der Waals surface area contributed by atoms with Gasteiger partial charge in [-0.1, -0.05) is 0 Å². The fraction of sp³-hybridized carbons (Fsp3) is 0.929. The minimum Gasteiger partial charge on any atom is -0.394 e. The van der Waals surface area contributed by atoms with Crippen molar-refractivity contribution in [3.05, 3.63) is 0 Å². The number of nitrogens with one attached hydrogen (secondary N) is 1. The fourth-order valence-corrected chi connectivity index (χ4v) is 2.92. The molecule has 0 radical (unpaired) electrons. The minimum atomic E-state index is -1.62. The molecule has 0 bridgehead atoms. The van der Waals surface area contributed by atoms with Gasteiger partial charge in [0.25, 0.3) is 0 Å². The van der Waals surface area contributed by atoms with Gasteiger partial charge in [-0.2, -0.15) is 0 Å². The van der Waals surface area contributed by atoms with Crippen LogP contribution in [-0.4, -0.2) is 105 Å². The van der Waals surface area contributed by atoms with E-state index < -0.39 is 73.9 Å². The van der Waals surface area contributed by atoms with Crippen molar-refractivity contribution < 1.29 is 49.6 Å². The van der Waals surface area contributed by atoms with Crippen LogP contribution in [0, 0.1) is 0 Å². The molecule has 0 aromatic rings. The van der Waals surface area contributed by atoms with Crippen LogP contribution in [0.3, 0.4) is 0 Å². The van der Waals surface area contributed by atoms with E-state index in [1.165, 1.54) is 13.8 Å². The zero-order valence-electron chi connectivity index (χ0n) is 13.8. The van der Waals surface area contributed by atoms with Gasteiger partial charge in [0.2, 0.25) is 5.91 Å². The first kappa shape index (κ1) is 20.4. The van der Waals surface area contributed by atoms with Crippen LogP contribution in [0.25, 0.3) is 0 Å². The van der Waals surface area contributed by atoms with E-state index in [-0.39, 0.29) is 0 Å². The molecule has 1 amide bonds. The smallest absolute Gasteiger partial charge is 0.217 e. The summed E-state index contributed by atoms with van der Waals surface area (Å²) in [6.07, 6.45) is -12.3. The summed E-state index contributed by atoms with van der Waals surface area (Å²) in [5.41, 5.74) is 0. The first-order chi connectivity index (χ1) is 11.7. The first-order valence-electron chi connectivity index (χ1n) is 7.92. The van der Waals surface area contributed by atoms with E-state index >= 15 is 0 Å². The largest absolute Gasteiger partial charge is 0.394 e. The summed E-state index contributed by atoms with van der Waals surface area (Å²) in [7, 11) is 0. The number of aliphatic hydroxyl groups is 6. The maximum absolute atomic E-state index is 11.2. The molecule has 7 N–H and O–H groups in total. The Labute approximate surface area is 143 Å². The quantitative estimate of drug-likeness (QED) is 0.257. The number of carbonyl (C=O) groups excluding carboxylic acids is 1. The van der Waals surface area contributed by atoms with Crippen LogP contribution in [0.4, 0.5) is 0 Å². The van der Waals surface area contributed by atoms with Gasteiger partial charge in [-0.05, 0) is 6.92 Å². The summed E-state index contributed by atoms with van der Waals surface area (Å²) in [4.78, 5) is 11.2. The topological polar surface area (TPSA) is 178 Å². The van der Waals surface area contributed by atoms with Crippen molar-refractivity contribution in [2.45, 2.75) is 75.2 Å². The number of amides is 1. The van der Waals surface area contributed by atoms with Crippen LogP contribution >= 0.6 is 0 Å². The highest BCUT2D eigenvalue weighted by atomic mass is 16.7. The second-order valence-corrected chi connectivity index (χ2v) is 6.25. The average Bonchev–Trinajstić information content (AvgIpc) is 2.56. The molecule has 0 unspecified atom stereocenters. The standard InChI is InChI=1S/C14H25NO10/c1-4-8(18)10(20)11(21)14(23-4)25-12-6(3-16)24-13(22)7(9(12)19)15-5(2)17/h4,6-14,16,18-22H,3H2,1-2H3,(H,15,17)/t4-,6-,7+,8+,9+,10+,11+,12+,13-,14+/m1/s1. The molecule has 2 aliphatic rings. The highest BCUT2D eigenvalue weighted by Gasteiger charge is 2.50. The highest BCUT2D eigenvalue weighted by molar-refractivity contribution is 5.73. The Hall–Kier alpha value is -0.890. The van der Waals surface area contributed by atoms with Crippen molar-refractivity contribution >= 4 is 5.91 Å². The Bertz CT molecular complexity index is 465. The third-order valence-corrected chi connectivity index (χ3v) is 4.34. The number of carbonyl (C=O) groups is 1. The van der Waals surface area contributed by atoms with Gasteiger partial charge in [-0.15, -0.1) is 0 Å². The Morgan fingerprint density at radius 1 is 1.04 bits per heavy atom. The summed E-state index contributed by atoms with van der Waals surface area (Å²) < 4.78 is 15.9. The molecule has 25 heavy (non-hydrogen) atoms. The van der Waals surface area contributed by atoms with E-state index in [0.717, 1.165) is 0 Å². The Balaban J connectivity index is 2.15. The lowest BCUT2D eigenvalue weighted by molar-refractivity contribution is -0.341. The van der Waals surface area contributed by atoms with Gasteiger partial charge in [-0.25, -0.2) is 0 Å². The van der Waals surface area contributed by atoms with Crippen LogP contribution in [-0.2, 0) is 19.0 Å². The lowest BCUT2D eigenvalue weighted by Crippen LogP contribution is -2.66.